The maximum absolute atomic E-state index is 11.7. The minimum Gasteiger partial charge on any atom is -0.461 e. The Morgan fingerprint density at radius 2 is 1.96 bits per heavy atom. The standard InChI is InChI=1S/C18H15N3O5/c1-2-25-18(22)17-11-20(12-19-17)14-4-3-5-16(10-14)26-15-8-6-13(7-9-15)21(23)24/h3-12H,2H2,1H3. The molecule has 0 N–H and O–H groups in total. The smallest absolute Gasteiger partial charge is 0.358 e. The molecule has 0 atom stereocenters. The molecule has 1 aromatic heterocycles. The maximum Gasteiger partial charge on any atom is 0.358 e. The number of carbonyl (C=O) groups excluding carboxylic acids is 1. The van der Waals surface area contributed by atoms with Crippen molar-refractivity contribution >= 4 is 11.7 Å². The number of imidazole rings is 1. The van der Waals surface area contributed by atoms with Crippen LogP contribution in [0.25, 0.3) is 5.69 Å². The second kappa shape index (κ2) is 7.47. The van der Waals surface area contributed by atoms with Gasteiger partial charge in [0.15, 0.2) is 5.69 Å². The molecule has 8 heteroatoms. The van der Waals surface area contributed by atoms with E-state index in [1.165, 1.54) is 30.6 Å². The lowest BCUT2D eigenvalue weighted by atomic mass is 10.3. The number of ether oxygens (including phenoxy) is 2. The second-order valence-corrected chi connectivity index (χ2v) is 5.24. The van der Waals surface area contributed by atoms with Crippen LogP contribution in [-0.4, -0.2) is 27.1 Å². The molecule has 0 fully saturated rings. The van der Waals surface area contributed by atoms with E-state index >= 15 is 0 Å². The monoisotopic (exact) mass is 353 g/mol. The van der Waals surface area contributed by atoms with Crippen molar-refractivity contribution in [3.8, 4) is 17.2 Å². The summed E-state index contributed by atoms with van der Waals surface area (Å²) in [5, 5.41) is 10.7. The normalized spacial score (nSPS) is 10.3. The van der Waals surface area contributed by atoms with E-state index < -0.39 is 10.9 Å². The first-order valence-corrected chi connectivity index (χ1v) is 7.80. The number of aromatic nitrogens is 2. The molecule has 0 saturated carbocycles. The fourth-order valence-corrected chi connectivity index (χ4v) is 2.25. The van der Waals surface area contributed by atoms with Crippen LogP contribution < -0.4 is 4.74 Å². The van der Waals surface area contributed by atoms with E-state index in [0.29, 0.717) is 11.5 Å². The first kappa shape index (κ1) is 17.2. The highest BCUT2D eigenvalue weighted by Gasteiger charge is 2.11. The molecule has 8 nitrogen and oxygen atoms in total. The van der Waals surface area contributed by atoms with Gasteiger partial charge in [0.25, 0.3) is 5.69 Å². The lowest BCUT2D eigenvalue weighted by Crippen LogP contribution is -2.04. The number of nitro benzene ring substituents is 1. The molecule has 0 bridgehead atoms. The van der Waals surface area contributed by atoms with Gasteiger partial charge < -0.3 is 14.0 Å². The Balaban J connectivity index is 1.78. The van der Waals surface area contributed by atoms with Crippen LogP contribution in [0.4, 0.5) is 5.69 Å². The molecule has 0 aliphatic carbocycles. The Labute approximate surface area is 148 Å². The topological polar surface area (TPSA) is 96.5 Å². The van der Waals surface area contributed by atoms with Gasteiger partial charge in [-0.3, -0.25) is 10.1 Å². The summed E-state index contributed by atoms with van der Waals surface area (Å²) in [6.45, 7) is 2.01. The lowest BCUT2D eigenvalue weighted by Gasteiger charge is -2.08. The van der Waals surface area contributed by atoms with Gasteiger partial charge >= 0.3 is 5.97 Å². The summed E-state index contributed by atoms with van der Waals surface area (Å²) in [5.74, 6) is 0.540. The summed E-state index contributed by atoms with van der Waals surface area (Å²) in [7, 11) is 0. The average molecular weight is 353 g/mol. The van der Waals surface area contributed by atoms with Crippen molar-refractivity contribution in [1.29, 1.82) is 0 Å². The third-order valence-corrected chi connectivity index (χ3v) is 3.47. The minimum atomic E-state index is -0.482. The highest BCUT2D eigenvalue weighted by Crippen LogP contribution is 2.25. The molecular formula is C18H15N3O5. The summed E-state index contributed by atoms with van der Waals surface area (Å²) in [4.78, 5) is 26.0. The maximum atomic E-state index is 11.7. The third-order valence-electron chi connectivity index (χ3n) is 3.47. The quantitative estimate of drug-likeness (QED) is 0.380. The number of nitro groups is 1. The number of hydrogen-bond donors (Lipinski definition) is 0. The molecule has 0 radical (unpaired) electrons. The number of esters is 1. The zero-order valence-corrected chi connectivity index (χ0v) is 13.9. The van der Waals surface area contributed by atoms with Gasteiger partial charge in [0.05, 0.1) is 17.2 Å². The molecule has 2 aromatic carbocycles. The molecule has 1 heterocycles. The predicted octanol–water partition coefficient (Wildman–Crippen LogP) is 3.75. The number of benzene rings is 2. The molecule has 0 spiro atoms. The SMILES string of the molecule is CCOC(=O)c1cn(-c2cccc(Oc3ccc([N+](=O)[O-])cc3)c2)cn1. The van der Waals surface area contributed by atoms with E-state index in [0.717, 1.165) is 5.69 Å². The largest absolute Gasteiger partial charge is 0.461 e. The van der Waals surface area contributed by atoms with Gasteiger partial charge in [-0.25, -0.2) is 9.78 Å². The average Bonchev–Trinajstić information content (AvgIpc) is 3.13. The molecule has 0 unspecified atom stereocenters. The van der Waals surface area contributed by atoms with Crippen molar-refractivity contribution in [3.63, 3.8) is 0 Å². The second-order valence-electron chi connectivity index (χ2n) is 5.24. The number of non-ortho nitro benzene ring substituents is 1. The van der Waals surface area contributed by atoms with Gasteiger partial charge in [-0.15, -0.1) is 0 Å². The Hall–Kier alpha value is -3.68. The van der Waals surface area contributed by atoms with E-state index in [2.05, 4.69) is 4.98 Å². The first-order valence-electron chi connectivity index (χ1n) is 7.80. The number of carbonyl (C=O) groups is 1. The Morgan fingerprint density at radius 3 is 2.65 bits per heavy atom. The Morgan fingerprint density at radius 1 is 1.19 bits per heavy atom. The van der Waals surface area contributed by atoms with Crippen LogP contribution in [0.15, 0.2) is 61.1 Å². The van der Waals surface area contributed by atoms with Gasteiger partial charge in [0, 0.05) is 24.4 Å². The summed E-state index contributed by atoms with van der Waals surface area (Å²) >= 11 is 0. The van der Waals surface area contributed by atoms with E-state index in [4.69, 9.17) is 9.47 Å². The molecule has 0 aliphatic rings. The summed E-state index contributed by atoms with van der Waals surface area (Å²) in [6.07, 6.45) is 3.08. The summed E-state index contributed by atoms with van der Waals surface area (Å²) in [5.41, 5.74) is 0.956. The molecule has 3 aromatic rings. The van der Waals surface area contributed by atoms with Gasteiger partial charge in [-0.2, -0.15) is 0 Å². The molecule has 0 aliphatic heterocycles. The van der Waals surface area contributed by atoms with Crippen LogP contribution in [0.5, 0.6) is 11.5 Å². The van der Waals surface area contributed by atoms with Gasteiger partial charge in [-0.05, 0) is 31.2 Å². The van der Waals surface area contributed by atoms with E-state index in [9.17, 15) is 14.9 Å². The van der Waals surface area contributed by atoms with E-state index in [-0.39, 0.29) is 18.0 Å². The molecular weight excluding hydrogens is 338 g/mol. The molecule has 0 saturated heterocycles. The van der Waals surface area contributed by atoms with Gasteiger partial charge in [0.1, 0.15) is 17.8 Å². The Bertz CT molecular complexity index is 934. The molecule has 3 rings (SSSR count). The van der Waals surface area contributed by atoms with Crippen molar-refractivity contribution in [3.05, 3.63) is 76.9 Å². The lowest BCUT2D eigenvalue weighted by molar-refractivity contribution is -0.384. The van der Waals surface area contributed by atoms with Crippen molar-refractivity contribution in [2.24, 2.45) is 0 Å². The van der Waals surface area contributed by atoms with Gasteiger partial charge in [-0.1, -0.05) is 6.07 Å². The molecule has 0 amide bonds. The van der Waals surface area contributed by atoms with Crippen LogP contribution in [0.1, 0.15) is 17.4 Å². The zero-order valence-electron chi connectivity index (χ0n) is 13.9. The highest BCUT2D eigenvalue weighted by atomic mass is 16.6. The first-order chi connectivity index (χ1) is 12.6. The van der Waals surface area contributed by atoms with Crippen LogP contribution in [0.3, 0.4) is 0 Å². The van der Waals surface area contributed by atoms with Crippen LogP contribution in [0, 0.1) is 10.1 Å². The number of rotatable bonds is 6. The molecule has 26 heavy (non-hydrogen) atoms. The fourth-order valence-electron chi connectivity index (χ4n) is 2.25. The van der Waals surface area contributed by atoms with Crippen molar-refractivity contribution in [2.75, 3.05) is 6.61 Å². The summed E-state index contributed by atoms with van der Waals surface area (Å²) < 4.78 is 12.3. The van der Waals surface area contributed by atoms with Crippen LogP contribution in [-0.2, 0) is 4.74 Å². The highest BCUT2D eigenvalue weighted by molar-refractivity contribution is 5.87. The fraction of sp³-hybridized carbons (Fsp3) is 0.111. The van der Waals surface area contributed by atoms with Gasteiger partial charge in [0.2, 0.25) is 0 Å². The van der Waals surface area contributed by atoms with Crippen LogP contribution >= 0.6 is 0 Å². The number of nitrogens with zero attached hydrogens (tertiary/aromatic N) is 3. The molecule has 132 valence electrons. The number of hydrogen-bond acceptors (Lipinski definition) is 6. The van der Waals surface area contributed by atoms with E-state index in [1.54, 1.807) is 35.9 Å². The van der Waals surface area contributed by atoms with E-state index in [1.807, 2.05) is 6.07 Å². The zero-order chi connectivity index (χ0) is 18.5. The minimum absolute atomic E-state index is 0.00369. The van der Waals surface area contributed by atoms with Crippen molar-refractivity contribution in [1.82, 2.24) is 9.55 Å². The van der Waals surface area contributed by atoms with Crippen LogP contribution in [0.2, 0.25) is 0 Å². The van der Waals surface area contributed by atoms with Crippen molar-refractivity contribution < 1.29 is 19.2 Å². The summed E-state index contributed by atoms with van der Waals surface area (Å²) in [6, 6.07) is 13.0. The predicted molar refractivity (Wildman–Crippen MR) is 92.7 cm³/mol. The Kier molecular flexibility index (Phi) is 4.93. The third kappa shape index (κ3) is 3.86. The van der Waals surface area contributed by atoms with Crippen molar-refractivity contribution in [2.45, 2.75) is 6.92 Å².